The molecule has 0 spiro atoms. The van der Waals surface area contributed by atoms with Crippen LogP contribution in [0.25, 0.3) is 0 Å². The van der Waals surface area contributed by atoms with E-state index in [4.69, 9.17) is 5.11 Å². The molecule has 2 atom stereocenters. The van der Waals surface area contributed by atoms with Crippen LogP contribution in [0.15, 0.2) is 12.5 Å². The molecule has 21 heavy (non-hydrogen) atoms. The first-order valence-corrected chi connectivity index (χ1v) is 7.55. The minimum absolute atomic E-state index is 0.0144. The van der Waals surface area contributed by atoms with E-state index in [-0.39, 0.29) is 6.42 Å². The monoisotopic (exact) mass is 289 g/mol. The molecule has 2 aliphatic rings. The van der Waals surface area contributed by atoms with Gasteiger partial charge in [0.1, 0.15) is 12.1 Å². The third kappa shape index (κ3) is 2.74. The average molecular weight is 289 g/mol. The minimum atomic E-state index is -0.834. The number of carboxylic acid groups (broad SMARTS) is 1. The van der Waals surface area contributed by atoms with Crippen LogP contribution in [0.2, 0.25) is 0 Å². The third-order valence-electron chi connectivity index (χ3n) is 4.79. The number of rotatable bonds is 3. The van der Waals surface area contributed by atoms with E-state index in [1.807, 2.05) is 0 Å². The summed E-state index contributed by atoms with van der Waals surface area (Å²) < 4.78 is 0. The van der Waals surface area contributed by atoms with Crippen molar-refractivity contribution < 1.29 is 9.90 Å². The molecule has 1 aliphatic carbocycles. The fourth-order valence-electron chi connectivity index (χ4n) is 4.61. The zero-order valence-electron chi connectivity index (χ0n) is 13.0. The van der Waals surface area contributed by atoms with Crippen LogP contribution >= 0.6 is 0 Å². The first-order chi connectivity index (χ1) is 9.78. The van der Waals surface area contributed by atoms with Crippen molar-refractivity contribution in [1.29, 1.82) is 0 Å². The van der Waals surface area contributed by atoms with Gasteiger partial charge in [-0.25, -0.2) is 9.97 Å². The van der Waals surface area contributed by atoms with Crippen molar-refractivity contribution >= 4 is 11.8 Å². The highest BCUT2D eigenvalue weighted by Crippen LogP contribution is 2.53. The Morgan fingerprint density at radius 2 is 2.19 bits per heavy atom. The molecule has 1 saturated heterocycles. The van der Waals surface area contributed by atoms with Crippen molar-refractivity contribution in [3.63, 3.8) is 0 Å². The highest BCUT2D eigenvalue weighted by atomic mass is 16.4. The molecule has 1 N–H and O–H groups in total. The number of aliphatic carboxylic acids is 1. The van der Waals surface area contributed by atoms with Crippen molar-refractivity contribution in [2.75, 3.05) is 11.4 Å². The molecule has 5 nitrogen and oxygen atoms in total. The summed E-state index contributed by atoms with van der Waals surface area (Å²) in [6.07, 6.45) is 6.68. The maximum atomic E-state index is 11.1. The molecule has 3 rings (SSSR count). The predicted octanol–water partition coefficient (Wildman–Crippen LogP) is 2.51. The molecule has 2 heterocycles. The van der Waals surface area contributed by atoms with Crippen LogP contribution in [0.5, 0.6) is 0 Å². The first-order valence-electron chi connectivity index (χ1n) is 7.55. The Kier molecular flexibility index (Phi) is 3.19. The van der Waals surface area contributed by atoms with Crippen LogP contribution in [0.4, 0.5) is 5.82 Å². The highest BCUT2D eigenvalue weighted by Gasteiger charge is 2.50. The smallest absolute Gasteiger partial charge is 0.308 e. The molecule has 2 bridgehead atoms. The number of aromatic nitrogens is 2. The lowest BCUT2D eigenvalue weighted by Gasteiger charge is -2.39. The molecular formula is C16H23N3O2. The number of carboxylic acids is 1. The molecule has 5 heteroatoms. The Balaban J connectivity index is 1.94. The van der Waals surface area contributed by atoms with Gasteiger partial charge in [0.05, 0.1) is 6.42 Å². The largest absolute Gasteiger partial charge is 0.481 e. The average Bonchev–Trinajstić information content (AvgIpc) is 2.58. The van der Waals surface area contributed by atoms with E-state index in [9.17, 15) is 4.79 Å². The van der Waals surface area contributed by atoms with E-state index >= 15 is 0 Å². The summed E-state index contributed by atoms with van der Waals surface area (Å²) in [5.74, 6) is -0.0152. The Bertz CT molecular complexity index is 572. The maximum absolute atomic E-state index is 11.1. The predicted molar refractivity (Wildman–Crippen MR) is 80.2 cm³/mol. The van der Waals surface area contributed by atoms with E-state index in [1.54, 1.807) is 6.20 Å². The first kappa shape index (κ1) is 14.3. The van der Waals surface area contributed by atoms with Crippen molar-refractivity contribution in [2.24, 2.45) is 10.8 Å². The van der Waals surface area contributed by atoms with Crippen LogP contribution in [0.3, 0.4) is 0 Å². The lowest BCUT2D eigenvalue weighted by atomic mass is 9.65. The standard InChI is InChI=1S/C16H23N3O2/c1-15(2)5-12-6-16(3,8-15)9-19(12)14-11(4-13(20)21)7-17-10-18-14/h7,10,12H,4-6,8-9H2,1-3H3,(H,20,21)/t12-,16-/m1/s1. The molecule has 0 unspecified atom stereocenters. The number of hydrogen-bond acceptors (Lipinski definition) is 4. The Labute approximate surface area is 125 Å². The lowest BCUT2D eigenvalue weighted by molar-refractivity contribution is -0.136. The van der Waals surface area contributed by atoms with Crippen molar-refractivity contribution in [3.8, 4) is 0 Å². The fourth-order valence-corrected chi connectivity index (χ4v) is 4.61. The minimum Gasteiger partial charge on any atom is -0.481 e. The zero-order valence-corrected chi connectivity index (χ0v) is 13.0. The van der Waals surface area contributed by atoms with Crippen molar-refractivity contribution in [2.45, 2.75) is 52.5 Å². The second-order valence-corrected chi connectivity index (χ2v) is 7.78. The fraction of sp³-hybridized carbons (Fsp3) is 0.688. The van der Waals surface area contributed by atoms with Gasteiger partial charge in [0, 0.05) is 24.3 Å². The van der Waals surface area contributed by atoms with E-state index in [0.717, 1.165) is 24.3 Å². The Morgan fingerprint density at radius 3 is 2.90 bits per heavy atom. The van der Waals surface area contributed by atoms with Crippen LogP contribution in [0.1, 0.15) is 45.6 Å². The molecule has 2 fully saturated rings. The number of carbonyl (C=O) groups is 1. The van der Waals surface area contributed by atoms with E-state index in [0.29, 0.717) is 16.9 Å². The molecule has 0 aromatic carbocycles. The molecule has 0 radical (unpaired) electrons. The maximum Gasteiger partial charge on any atom is 0.308 e. The molecule has 114 valence electrons. The van der Waals surface area contributed by atoms with Gasteiger partial charge in [0.2, 0.25) is 0 Å². The molecule has 0 amide bonds. The van der Waals surface area contributed by atoms with Gasteiger partial charge in [0.25, 0.3) is 0 Å². The van der Waals surface area contributed by atoms with Gasteiger partial charge < -0.3 is 10.0 Å². The quantitative estimate of drug-likeness (QED) is 0.926. The lowest BCUT2D eigenvalue weighted by Crippen LogP contribution is -2.35. The van der Waals surface area contributed by atoms with Gasteiger partial charge in [-0.05, 0) is 30.1 Å². The second-order valence-electron chi connectivity index (χ2n) is 7.78. The van der Waals surface area contributed by atoms with Crippen LogP contribution in [-0.2, 0) is 11.2 Å². The van der Waals surface area contributed by atoms with Gasteiger partial charge in [-0.1, -0.05) is 20.8 Å². The molecule has 1 aromatic rings. The molecule has 1 saturated carbocycles. The van der Waals surface area contributed by atoms with Crippen LogP contribution in [-0.4, -0.2) is 33.6 Å². The van der Waals surface area contributed by atoms with Gasteiger partial charge in [-0.15, -0.1) is 0 Å². The Morgan fingerprint density at radius 1 is 1.43 bits per heavy atom. The van der Waals surface area contributed by atoms with Crippen molar-refractivity contribution in [3.05, 3.63) is 18.1 Å². The van der Waals surface area contributed by atoms with E-state index in [2.05, 4.69) is 35.6 Å². The van der Waals surface area contributed by atoms with Gasteiger partial charge >= 0.3 is 5.97 Å². The second kappa shape index (κ2) is 4.68. The SMILES string of the molecule is CC1(C)C[C@@H]2C[C@@](C)(CN2c2ncncc2CC(=O)O)C1. The summed E-state index contributed by atoms with van der Waals surface area (Å²) in [7, 11) is 0. The van der Waals surface area contributed by atoms with Crippen LogP contribution < -0.4 is 4.90 Å². The summed E-state index contributed by atoms with van der Waals surface area (Å²) >= 11 is 0. The summed E-state index contributed by atoms with van der Waals surface area (Å²) in [6.45, 7) is 7.97. The number of hydrogen-bond donors (Lipinski definition) is 1. The number of nitrogens with zero attached hydrogens (tertiary/aromatic N) is 3. The molecular weight excluding hydrogens is 266 g/mol. The van der Waals surface area contributed by atoms with E-state index < -0.39 is 5.97 Å². The normalized spacial score (nSPS) is 30.4. The summed E-state index contributed by atoms with van der Waals surface area (Å²) in [5, 5.41) is 9.08. The van der Waals surface area contributed by atoms with Gasteiger partial charge in [-0.3, -0.25) is 4.79 Å². The zero-order chi connectivity index (χ0) is 15.3. The molecule has 1 aliphatic heterocycles. The van der Waals surface area contributed by atoms with Gasteiger partial charge in [-0.2, -0.15) is 0 Å². The Hall–Kier alpha value is -1.65. The summed E-state index contributed by atoms with van der Waals surface area (Å²) in [6, 6.07) is 0.459. The topological polar surface area (TPSA) is 66.3 Å². The number of anilines is 1. The van der Waals surface area contributed by atoms with Crippen molar-refractivity contribution in [1.82, 2.24) is 9.97 Å². The van der Waals surface area contributed by atoms with Crippen LogP contribution in [0, 0.1) is 10.8 Å². The van der Waals surface area contributed by atoms with E-state index in [1.165, 1.54) is 19.2 Å². The van der Waals surface area contributed by atoms with Gasteiger partial charge in [0.15, 0.2) is 0 Å². The highest BCUT2D eigenvalue weighted by molar-refractivity contribution is 5.72. The third-order valence-corrected chi connectivity index (χ3v) is 4.79. The molecule has 1 aromatic heterocycles. The summed E-state index contributed by atoms with van der Waals surface area (Å²) in [4.78, 5) is 21.8. The number of fused-ring (bicyclic) bond motifs is 2. The summed E-state index contributed by atoms with van der Waals surface area (Å²) in [5.41, 5.74) is 1.36.